The fourth-order valence-electron chi connectivity index (χ4n) is 3.06. The third kappa shape index (κ3) is 3.32. The molecule has 1 aliphatic heterocycles. The smallest absolute Gasteiger partial charge is 0.229 e. The maximum Gasteiger partial charge on any atom is 0.229 e. The second kappa shape index (κ2) is 6.76. The molecule has 0 bridgehead atoms. The number of nitrogens with zero attached hydrogens (tertiary/aromatic N) is 3. The molecule has 0 aliphatic carbocycles. The third-order valence-corrected chi connectivity index (χ3v) is 5.39. The van der Waals surface area contributed by atoms with Gasteiger partial charge in [0, 0.05) is 19.3 Å². The molecule has 1 saturated heterocycles. The zero-order valence-corrected chi connectivity index (χ0v) is 14.3. The molecule has 4 rings (SSSR count). The molecule has 3 aromatic rings. The van der Waals surface area contributed by atoms with Crippen molar-refractivity contribution < 1.29 is 9.18 Å². The Morgan fingerprint density at radius 2 is 2.16 bits per heavy atom. The van der Waals surface area contributed by atoms with Gasteiger partial charge < -0.3 is 10.2 Å². The molecule has 0 spiro atoms. The van der Waals surface area contributed by atoms with E-state index in [1.54, 1.807) is 24.4 Å². The lowest BCUT2D eigenvalue weighted by atomic mass is 9.97. The summed E-state index contributed by atoms with van der Waals surface area (Å²) in [5, 5.41) is 3.59. The van der Waals surface area contributed by atoms with E-state index in [1.807, 2.05) is 12.1 Å². The molecule has 1 aromatic carbocycles. The number of amides is 1. The van der Waals surface area contributed by atoms with Gasteiger partial charge in [0.2, 0.25) is 5.91 Å². The second-order valence-electron chi connectivity index (χ2n) is 6.08. The number of carbonyl (C=O) groups is 1. The molecule has 3 heterocycles. The van der Waals surface area contributed by atoms with E-state index in [-0.39, 0.29) is 17.5 Å². The van der Waals surface area contributed by atoms with Crippen molar-refractivity contribution in [3.8, 4) is 0 Å². The van der Waals surface area contributed by atoms with Gasteiger partial charge in [0.05, 0.1) is 11.6 Å². The van der Waals surface area contributed by atoms with Gasteiger partial charge in [-0.05, 0) is 37.1 Å². The van der Waals surface area contributed by atoms with Crippen molar-refractivity contribution in [2.75, 3.05) is 23.3 Å². The Kier molecular flexibility index (Phi) is 4.31. The Balaban J connectivity index is 1.48. The van der Waals surface area contributed by atoms with Gasteiger partial charge >= 0.3 is 0 Å². The molecule has 0 unspecified atom stereocenters. The van der Waals surface area contributed by atoms with Gasteiger partial charge in [-0.2, -0.15) is 0 Å². The quantitative estimate of drug-likeness (QED) is 0.778. The number of carbonyl (C=O) groups excluding carboxylic acids is 1. The number of piperidine rings is 1. The van der Waals surface area contributed by atoms with Crippen molar-refractivity contribution >= 4 is 38.4 Å². The van der Waals surface area contributed by atoms with E-state index < -0.39 is 5.82 Å². The lowest BCUT2D eigenvalue weighted by molar-refractivity contribution is -0.120. The minimum atomic E-state index is -0.416. The van der Waals surface area contributed by atoms with Crippen LogP contribution < -0.4 is 10.2 Å². The molecule has 5 nitrogen and oxygen atoms in total. The molecule has 0 radical (unpaired) electrons. The normalized spacial score (nSPS) is 17.6. The van der Waals surface area contributed by atoms with Gasteiger partial charge in [-0.3, -0.25) is 4.79 Å². The summed E-state index contributed by atoms with van der Waals surface area (Å²) in [6.45, 7) is 1.45. The van der Waals surface area contributed by atoms with Crippen LogP contribution in [-0.4, -0.2) is 29.0 Å². The largest absolute Gasteiger partial charge is 0.347 e. The Morgan fingerprint density at radius 1 is 1.28 bits per heavy atom. The summed E-state index contributed by atoms with van der Waals surface area (Å²) in [6, 6.07) is 10.0. The minimum Gasteiger partial charge on any atom is -0.347 e. The Labute approximate surface area is 148 Å². The minimum absolute atomic E-state index is 0.144. The molecular formula is C18H17FN4OS. The van der Waals surface area contributed by atoms with Crippen LogP contribution in [-0.2, 0) is 4.79 Å². The van der Waals surface area contributed by atoms with Gasteiger partial charge in [0.1, 0.15) is 16.2 Å². The van der Waals surface area contributed by atoms with Crippen LogP contribution in [0.4, 0.5) is 15.2 Å². The summed E-state index contributed by atoms with van der Waals surface area (Å²) in [6.07, 6.45) is 3.45. The van der Waals surface area contributed by atoms with Crippen molar-refractivity contribution in [2.45, 2.75) is 12.8 Å². The predicted octanol–water partition coefficient (Wildman–Crippen LogP) is 3.69. The number of pyridine rings is 1. The highest BCUT2D eigenvalue weighted by Crippen LogP contribution is 2.30. The number of aromatic nitrogens is 2. The van der Waals surface area contributed by atoms with Crippen LogP contribution in [0.25, 0.3) is 10.3 Å². The van der Waals surface area contributed by atoms with E-state index in [9.17, 15) is 9.18 Å². The highest BCUT2D eigenvalue weighted by atomic mass is 32.1. The predicted molar refractivity (Wildman–Crippen MR) is 97.4 cm³/mol. The molecule has 1 N–H and O–H groups in total. The second-order valence-corrected chi connectivity index (χ2v) is 7.03. The van der Waals surface area contributed by atoms with E-state index in [4.69, 9.17) is 0 Å². The molecule has 128 valence electrons. The molecule has 1 fully saturated rings. The lowest BCUT2D eigenvalue weighted by Crippen LogP contribution is -2.40. The molecule has 1 amide bonds. The maximum atomic E-state index is 13.7. The summed E-state index contributed by atoms with van der Waals surface area (Å²) < 4.78 is 13.7. The molecule has 1 aliphatic rings. The standard InChI is InChI=1S/C18H17FN4OS/c19-13-6-1-2-7-14(13)21-16(24)12-5-4-10-23(11-12)18-22-15-8-3-9-20-17(15)25-18/h1-3,6-9,12H,4-5,10-11H2,(H,21,24)/t12-/m0/s1. The first-order chi connectivity index (χ1) is 12.2. The van der Waals surface area contributed by atoms with E-state index >= 15 is 0 Å². The van der Waals surface area contributed by atoms with Crippen molar-refractivity contribution in [3.05, 3.63) is 48.4 Å². The monoisotopic (exact) mass is 356 g/mol. The number of fused-ring (bicyclic) bond motifs is 1. The topological polar surface area (TPSA) is 58.1 Å². The average molecular weight is 356 g/mol. The third-order valence-electron chi connectivity index (χ3n) is 4.35. The van der Waals surface area contributed by atoms with Crippen LogP contribution in [0.3, 0.4) is 0 Å². The molecule has 25 heavy (non-hydrogen) atoms. The van der Waals surface area contributed by atoms with E-state index in [1.165, 1.54) is 17.4 Å². The van der Waals surface area contributed by atoms with Gasteiger partial charge in [0.15, 0.2) is 5.13 Å². The molecular weight excluding hydrogens is 339 g/mol. The fourth-order valence-corrected chi connectivity index (χ4v) is 4.00. The van der Waals surface area contributed by atoms with Gasteiger partial charge in [-0.15, -0.1) is 0 Å². The summed E-state index contributed by atoms with van der Waals surface area (Å²) in [5.41, 5.74) is 1.11. The van der Waals surface area contributed by atoms with Gasteiger partial charge in [0.25, 0.3) is 0 Å². The van der Waals surface area contributed by atoms with Crippen LogP contribution in [0, 0.1) is 11.7 Å². The van der Waals surface area contributed by atoms with Crippen LogP contribution >= 0.6 is 11.3 Å². The maximum absolute atomic E-state index is 13.7. The first kappa shape index (κ1) is 16.0. The molecule has 7 heteroatoms. The number of halogens is 1. The van der Waals surface area contributed by atoms with Crippen LogP contribution in [0.2, 0.25) is 0 Å². The zero-order valence-electron chi connectivity index (χ0n) is 13.5. The number of hydrogen-bond acceptors (Lipinski definition) is 5. The van der Waals surface area contributed by atoms with Crippen LogP contribution in [0.1, 0.15) is 12.8 Å². The van der Waals surface area contributed by atoms with Crippen molar-refractivity contribution in [2.24, 2.45) is 5.92 Å². The van der Waals surface area contributed by atoms with E-state index in [0.717, 1.165) is 34.9 Å². The van der Waals surface area contributed by atoms with Gasteiger partial charge in [-0.1, -0.05) is 23.5 Å². The number of thiazole rings is 1. The van der Waals surface area contributed by atoms with Crippen LogP contribution in [0.5, 0.6) is 0 Å². The average Bonchev–Trinajstić information content (AvgIpc) is 3.08. The number of benzene rings is 1. The van der Waals surface area contributed by atoms with Gasteiger partial charge in [-0.25, -0.2) is 14.4 Å². The number of para-hydroxylation sites is 1. The summed E-state index contributed by atoms with van der Waals surface area (Å²) in [7, 11) is 0. The van der Waals surface area contributed by atoms with E-state index in [0.29, 0.717) is 6.54 Å². The zero-order chi connectivity index (χ0) is 17.2. The summed E-state index contributed by atoms with van der Waals surface area (Å²) in [4.78, 5) is 24.5. The lowest BCUT2D eigenvalue weighted by Gasteiger charge is -2.31. The number of nitrogens with one attached hydrogen (secondary N) is 1. The van der Waals surface area contributed by atoms with Crippen molar-refractivity contribution in [1.29, 1.82) is 0 Å². The SMILES string of the molecule is O=C(Nc1ccccc1F)[C@H]1CCCN(c2nc3cccnc3s2)C1. The first-order valence-corrected chi connectivity index (χ1v) is 9.04. The Hall–Kier alpha value is -2.54. The molecule has 0 saturated carbocycles. The summed E-state index contributed by atoms with van der Waals surface area (Å²) >= 11 is 1.54. The highest BCUT2D eigenvalue weighted by molar-refractivity contribution is 7.21. The Morgan fingerprint density at radius 3 is 3.00 bits per heavy atom. The van der Waals surface area contributed by atoms with E-state index in [2.05, 4.69) is 20.2 Å². The highest BCUT2D eigenvalue weighted by Gasteiger charge is 2.28. The van der Waals surface area contributed by atoms with Crippen LogP contribution in [0.15, 0.2) is 42.6 Å². The molecule has 1 atom stereocenters. The Bertz CT molecular complexity index is 880. The van der Waals surface area contributed by atoms with Crippen molar-refractivity contribution in [1.82, 2.24) is 9.97 Å². The first-order valence-electron chi connectivity index (χ1n) is 8.22. The van der Waals surface area contributed by atoms with Crippen molar-refractivity contribution in [3.63, 3.8) is 0 Å². The number of anilines is 2. The molecule has 2 aromatic heterocycles. The number of rotatable bonds is 3. The number of hydrogen-bond donors (Lipinski definition) is 1. The fraction of sp³-hybridized carbons (Fsp3) is 0.278. The summed E-state index contributed by atoms with van der Waals surface area (Å²) in [5.74, 6) is -0.747.